The number of halogens is 1. The van der Waals surface area contributed by atoms with E-state index in [9.17, 15) is 4.79 Å². The maximum Gasteiger partial charge on any atom is 0.256 e. The van der Waals surface area contributed by atoms with Crippen molar-refractivity contribution in [3.63, 3.8) is 0 Å². The van der Waals surface area contributed by atoms with Crippen LogP contribution < -0.4 is 10.9 Å². The third-order valence-corrected chi connectivity index (χ3v) is 3.48. The number of rotatable bonds is 3. The minimum absolute atomic E-state index is 0.153. The zero-order valence-electron chi connectivity index (χ0n) is 12.0. The molecule has 1 unspecified atom stereocenters. The zero-order valence-corrected chi connectivity index (χ0v) is 12.7. The van der Waals surface area contributed by atoms with E-state index in [0.29, 0.717) is 27.7 Å². The largest absolute Gasteiger partial charge is 0.378 e. The predicted molar refractivity (Wildman–Crippen MR) is 82.5 cm³/mol. The van der Waals surface area contributed by atoms with Crippen molar-refractivity contribution in [2.24, 2.45) is 0 Å². The Bertz CT molecular complexity index is 776. The van der Waals surface area contributed by atoms with Crippen molar-refractivity contribution >= 4 is 17.3 Å². The van der Waals surface area contributed by atoms with Gasteiger partial charge in [0.25, 0.3) is 5.56 Å². The van der Waals surface area contributed by atoms with E-state index in [1.807, 2.05) is 19.9 Å². The second-order valence-corrected chi connectivity index (χ2v) is 5.23. The van der Waals surface area contributed by atoms with Crippen molar-refractivity contribution in [1.29, 1.82) is 5.26 Å². The van der Waals surface area contributed by atoms with Gasteiger partial charge in [0.1, 0.15) is 11.9 Å². The number of benzene rings is 1. The molecule has 0 bridgehead atoms. The summed E-state index contributed by atoms with van der Waals surface area (Å²) >= 11 is 6.00. The van der Waals surface area contributed by atoms with Crippen LogP contribution in [0.3, 0.4) is 0 Å². The fraction of sp³-hybridized carbons (Fsp3) is 0.267. The number of nitriles is 1. The number of anilines is 1. The van der Waals surface area contributed by atoms with Gasteiger partial charge in [0.05, 0.1) is 27.9 Å². The summed E-state index contributed by atoms with van der Waals surface area (Å²) in [6, 6.07) is 6.84. The van der Waals surface area contributed by atoms with Gasteiger partial charge in [-0.05, 0) is 39.0 Å². The highest BCUT2D eigenvalue weighted by molar-refractivity contribution is 6.32. The summed E-state index contributed by atoms with van der Waals surface area (Å²) in [6.45, 7) is 5.43. The third kappa shape index (κ3) is 3.23. The van der Waals surface area contributed by atoms with Crippen molar-refractivity contribution < 1.29 is 0 Å². The van der Waals surface area contributed by atoms with E-state index in [-0.39, 0.29) is 11.6 Å². The Morgan fingerprint density at radius 3 is 2.71 bits per heavy atom. The van der Waals surface area contributed by atoms with Crippen molar-refractivity contribution in [2.45, 2.75) is 26.8 Å². The van der Waals surface area contributed by atoms with Gasteiger partial charge >= 0.3 is 0 Å². The monoisotopic (exact) mass is 302 g/mol. The van der Waals surface area contributed by atoms with Gasteiger partial charge in [-0.25, -0.2) is 4.98 Å². The van der Waals surface area contributed by atoms with E-state index in [1.165, 1.54) is 0 Å². The Morgan fingerprint density at radius 1 is 1.43 bits per heavy atom. The van der Waals surface area contributed by atoms with Crippen molar-refractivity contribution in [3.8, 4) is 6.07 Å². The van der Waals surface area contributed by atoms with Crippen molar-refractivity contribution in [1.82, 2.24) is 9.97 Å². The SMILES string of the molecule is Cc1nc(C)c(C(C)Nc2ccc(C#N)c(Cl)c2)c(=O)[nH]1. The number of hydrogen-bond donors (Lipinski definition) is 2. The lowest BCUT2D eigenvalue weighted by Gasteiger charge is -2.17. The Morgan fingerprint density at radius 2 is 2.14 bits per heavy atom. The quantitative estimate of drug-likeness (QED) is 0.913. The van der Waals surface area contributed by atoms with Crippen LogP contribution in [0.15, 0.2) is 23.0 Å². The number of nitrogens with one attached hydrogen (secondary N) is 2. The van der Waals surface area contributed by atoms with Gasteiger partial charge in [0, 0.05) is 5.69 Å². The zero-order chi connectivity index (χ0) is 15.6. The molecule has 0 fully saturated rings. The van der Waals surface area contributed by atoms with Gasteiger partial charge < -0.3 is 10.3 Å². The average Bonchev–Trinajstić information content (AvgIpc) is 2.37. The van der Waals surface area contributed by atoms with Crippen LogP contribution in [0.4, 0.5) is 5.69 Å². The maximum atomic E-state index is 12.1. The van der Waals surface area contributed by atoms with Crippen LogP contribution in [0.25, 0.3) is 0 Å². The van der Waals surface area contributed by atoms with Gasteiger partial charge in [0.15, 0.2) is 0 Å². The van der Waals surface area contributed by atoms with Crippen LogP contribution in [0.5, 0.6) is 0 Å². The molecule has 0 saturated heterocycles. The fourth-order valence-electron chi connectivity index (χ4n) is 2.26. The van der Waals surface area contributed by atoms with Gasteiger partial charge in [-0.2, -0.15) is 5.26 Å². The van der Waals surface area contributed by atoms with Crippen LogP contribution in [0.2, 0.25) is 5.02 Å². The Kier molecular flexibility index (Phi) is 4.29. The lowest BCUT2D eigenvalue weighted by molar-refractivity contribution is 0.814. The number of nitrogens with zero attached hydrogens (tertiary/aromatic N) is 2. The number of H-pyrrole nitrogens is 1. The number of aromatic amines is 1. The molecule has 2 aromatic rings. The molecule has 2 rings (SSSR count). The Balaban J connectivity index is 2.31. The molecular weight excluding hydrogens is 288 g/mol. The summed E-state index contributed by atoms with van der Waals surface area (Å²) in [6.07, 6.45) is 0. The molecule has 5 nitrogen and oxygen atoms in total. The van der Waals surface area contributed by atoms with Crippen LogP contribution in [-0.4, -0.2) is 9.97 Å². The minimum Gasteiger partial charge on any atom is -0.378 e. The maximum absolute atomic E-state index is 12.1. The average molecular weight is 303 g/mol. The summed E-state index contributed by atoms with van der Waals surface area (Å²) < 4.78 is 0. The molecule has 0 radical (unpaired) electrons. The molecule has 1 atom stereocenters. The molecule has 0 spiro atoms. The second kappa shape index (κ2) is 5.98. The molecule has 0 saturated carbocycles. The number of aromatic nitrogens is 2. The summed E-state index contributed by atoms with van der Waals surface area (Å²) in [7, 11) is 0. The van der Waals surface area contributed by atoms with Crippen LogP contribution in [-0.2, 0) is 0 Å². The third-order valence-electron chi connectivity index (χ3n) is 3.17. The molecule has 0 amide bonds. The Hall–Kier alpha value is -2.32. The van der Waals surface area contributed by atoms with E-state index >= 15 is 0 Å². The summed E-state index contributed by atoms with van der Waals surface area (Å²) in [5, 5.41) is 12.4. The van der Waals surface area contributed by atoms with Crippen molar-refractivity contribution in [3.05, 3.63) is 56.2 Å². The Labute approximate surface area is 127 Å². The molecule has 0 aliphatic rings. The second-order valence-electron chi connectivity index (χ2n) is 4.82. The van der Waals surface area contributed by atoms with Crippen LogP contribution in [0.1, 0.15) is 35.6 Å². The lowest BCUT2D eigenvalue weighted by Crippen LogP contribution is -2.23. The minimum atomic E-state index is -0.231. The normalized spacial score (nSPS) is 11.8. The first-order valence-corrected chi connectivity index (χ1v) is 6.83. The number of aryl methyl sites for hydroxylation is 2. The lowest BCUT2D eigenvalue weighted by atomic mass is 10.1. The van der Waals surface area contributed by atoms with E-state index < -0.39 is 0 Å². The highest BCUT2D eigenvalue weighted by Gasteiger charge is 2.15. The first-order valence-electron chi connectivity index (χ1n) is 6.46. The van der Waals surface area contributed by atoms with Crippen LogP contribution >= 0.6 is 11.6 Å². The first-order chi connectivity index (χ1) is 9.92. The summed E-state index contributed by atoms with van der Waals surface area (Å²) in [5.41, 5.74) is 2.28. The van der Waals surface area contributed by atoms with E-state index in [1.54, 1.807) is 25.1 Å². The van der Waals surface area contributed by atoms with E-state index in [4.69, 9.17) is 16.9 Å². The summed E-state index contributed by atoms with van der Waals surface area (Å²) in [4.78, 5) is 19.0. The molecule has 1 aromatic heterocycles. The molecule has 0 aliphatic carbocycles. The molecule has 1 heterocycles. The van der Waals surface area contributed by atoms with Gasteiger partial charge in [-0.3, -0.25) is 4.79 Å². The van der Waals surface area contributed by atoms with Gasteiger partial charge in [-0.1, -0.05) is 11.6 Å². The fourth-order valence-corrected chi connectivity index (χ4v) is 2.49. The molecular formula is C15H15ClN4O. The van der Waals surface area contributed by atoms with E-state index in [2.05, 4.69) is 15.3 Å². The van der Waals surface area contributed by atoms with Gasteiger partial charge in [-0.15, -0.1) is 0 Å². The highest BCUT2D eigenvalue weighted by atomic mass is 35.5. The summed E-state index contributed by atoms with van der Waals surface area (Å²) in [5.74, 6) is 0.592. The molecule has 21 heavy (non-hydrogen) atoms. The van der Waals surface area contributed by atoms with E-state index in [0.717, 1.165) is 5.69 Å². The van der Waals surface area contributed by atoms with Gasteiger partial charge in [0.2, 0.25) is 0 Å². The standard InChI is InChI=1S/C15H15ClN4O/c1-8-14(15(21)20-10(3)18-8)9(2)19-12-5-4-11(7-17)13(16)6-12/h4-6,9,19H,1-3H3,(H,18,20,21). The van der Waals surface area contributed by atoms with Crippen molar-refractivity contribution in [2.75, 3.05) is 5.32 Å². The highest BCUT2D eigenvalue weighted by Crippen LogP contribution is 2.23. The predicted octanol–water partition coefficient (Wildman–Crippen LogP) is 3.08. The smallest absolute Gasteiger partial charge is 0.256 e. The molecule has 6 heteroatoms. The molecule has 2 N–H and O–H groups in total. The molecule has 0 aliphatic heterocycles. The topological polar surface area (TPSA) is 81.6 Å². The molecule has 108 valence electrons. The number of hydrogen-bond acceptors (Lipinski definition) is 4. The first kappa shape index (κ1) is 15.1. The molecule has 1 aromatic carbocycles. The van der Waals surface area contributed by atoms with Crippen LogP contribution in [0, 0.1) is 25.2 Å².